The molecule has 1 atom stereocenters. The third-order valence-corrected chi connectivity index (χ3v) is 5.80. The number of hydrogen-bond acceptors (Lipinski definition) is 9. The van der Waals surface area contributed by atoms with E-state index in [1.54, 1.807) is 13.3 Å². The number of rotatable bonds is 9. The van der Waals surface area contributed by atoms with Gasteiger partial charge in [-0.3, -0.25) is 10.1 Å². The molecule has 0 unspecified atom stereocenters. The third kappa shape index (κ3) is 4.91. The molecule has 5 rings (SSSR count). The van der Waals surface area contributed by atoms with Crippen molar-refractivity contribution in [2.75, 3.05) is 30.5 Å². The predicted molar refractivity (Wildman–Crippen MR) is 128 cm³/mol. The zero-order valence-corrected chi connectivity index (χ0v) is 19.4. The number of nitrogens with zero attached hydrogens (tertiary/aromatic N) is 6. The van der Waals surface area contributed by atoms with E-state index < -0.39 is 0 Å². The molecule has 10 heteroatoms. The average molecular weight is 461 g/mol. The summed E-state index contributed by atoms with van der Waals surface area (Å²) in [5, 5.41) is 14.8. The van der Waals surface area contributed by atoms with Gasteiger partial charge in [-0.05, 0) is 44.7 Å². The van der Waals surface area contributed by atoms with Crippen LogP contribution in [0, 0.1) is 6.92 Å². The van der Waals surface area contributed by atoms with Crippen molar-refractivity contribution >= 4 is 17.6 Å². The molecule has 5 heterocycles. The number of ether oxygens (including phenoxy) is 1. The van der Waals surface area contributed by atoms with E-state index >= 15 is 0 Å². The lowest BCUT2D eigenvalue weighted by Gasteiger charge is -2.23. The minimum Gasteiger partial charge on any atom is -0.385 e. The Morgan fingerprint density at radius 2 is 2.12 bits per heavy atom. The maximum absolute atomic E-state index is 5.76. The van der Waals surface area contributed by atoms with Gasteiger partial charge in [0.05, 0.1) is 11.7 Å². The standard InChI is InChI=1S/C24H28N8O2/c1-16-13-23(30-29-16)27-22-14-17(7-6-12-33-2)26-24(28-22)32-11-5-9-20(32)21-15-19(31-34-21)18-8-3-4-10-25-18/h3-4,8,10,13-15,20H,5-7,9,11-12H2,1-2H3,(H2,26,27,28,29,30)/t20-/m0/s1. The summed E-state index contributed by atoms with van der Waals surface area (Å²) < 4.78 is 11.0. The van der Waals surface area contributed by atoms with Crippen molar-refractivity contribution in [1.29, 1.82) is 0 Å². The number of pyridine rings is 1. The van der Waals surface area contributed by atoms with Crippen molar-refractivity contribution in [3.8, 4) is 11.4 Å². The van der Waals surface area contributed by atoms with Crippen LogP contribution in [0.4, 0.5) is 17.6 Å². The molecular weight excluding hydrogens is 432 g/mol. The summed E-state index contributed by atoms with van der Waals surface area (Å²) in [4.78, 5) is 16.3. The molecule has 0 radical (unpaired) electrons. The van der Waals surface area contributed by atoms with Crippen molar-refractivity contribution in [3.05, 3.63) is 59.7 Å². The van der Waals surface area contributed by atoms with Crippen molar-refractivity contribution in [2.45, 2.75) is 38.6 Å². The molecule has 0 aliphatic carbocycles. The lowest BCUT2D eigenvalue weighted by atomic mass is 10.1. The van der Waals surface area contributed by atoms with E-state index in [4.69, 9.17) is 19.2 Å². The summed E-state index contributed by atoms with van der Waals surface area (Å²) in [6.07, 6.45) is 5.39. The first kappa shape index (κ1) is 22.0. The molecule has 0 spiro atoms. The predicted octanol–water partition coefficient (Wildman–Crippen LogP) is 4.22. The van der Waals surface area contributed by atoms with Gasteiger partial charge < -0.3 is 19.5 Å². The highest BCUT2D eigenvalue weighted by molar-refractivity contribution is 5.56. The van der Waals surface area contributed by atoms with Crippen molar-refractivity contribution in [1.82, 2.24) is 30.3 Å². The van der Waals surface area contributed by atoms with Crippen LogP contribution in [-0.2, 0) is 11.2 Å². The molecule has 4 aromatic heterocycles. The summed E-state index contributed by atoms with van der Waals surface area (Å²) >= 11 is 0. The molecule has 10 nitrogen and oxygen atoms in total. The number of nitrogens with one attached hydrogen (secondary N) is 2. The number of hydrogen-bond donors (Lipinski definition) is 2. The first-order valence-corrected chi connectivity index (χ1v) is 11.5. The van der Waals surface area contributed by atoms with Gasteiger partial charge in [0.25, 0.3) is 0 Å². The van der Waals surface area contributed by atoms with Crippen LogP contribution in [0.1, 0.15) is 42.5 Å². The molecule has 176 valence electrons. The molecule has 0 aromatic carbocycles. The first-order valence-electron chi connectivity index (χ1n) is 11.5. The van der Waals surface area contributed by atoms with Crippen LogP contribution in [0.3, 0.4) is 0 Å². The Bertz CT molecular complexity index is 1220. The quantitative estimate of drug-likeness (QED) is 0.354. The van der Waals surface area contributed by atoms with E-state index in [0.29, 0.717) is 18.4 Å². The summed E-state index contributed by atoms with van der Waals surface area (Å²) in [5.41, 5.74) is 3.45. The molecule has 1 saturated heterocycles. The number of aryl methyl sites for hydroxylation is 2. The second kappa shape index (κ2) is 10.0. The molecule has 1 fully saturated rings. The molecule has 0 amide bonds. The van der Waals surface area contributed by atoms with E-state index in [1.807, 2.05) is 43.3 Å². The second-order valence-corrected chi connectivity index (χ2v) is 8.38. The fraction of sp³-hybridized carbons (Fsp3) is 0.375. The van der Waals surface area contributed by atoms with Gasteiger partial charge in [0, 0.05) is 56.0 Å². The van der Waals surface area contributed by atoms with Crippen molar-refractivity contribution < 1.29 is 9.26 Å². The second-order valence-electron chi connectivity index (χ2n) is 8.38. The molecule has 4 aromatic rings. The summed E-state index contributed by atoms with van der Waals surface area (Å²) in [6.45, 7) is 3.49. The topological polar surface area (TPSA) is 118 Å². The van der Waals surface area contributed by atoms with E-state index in [-0.39, 0.29) is 6.04 Å². The number of H-pyrrole nitrogens is 1. The van der Waals surface area contributed by atoms with E-state index in [2.05, 4.69) is 30.6 Å². The number of aromatic amines is 1. The van der Waals surface area contributed by atoms with Crippen LogP contribution in [0.25, 0.3) is 11.4 Å². The molecule has 1 aliphatic rings. The number of aromatic nitrogens is 6. The van der Waals surface area contributed by atoms with Crippen molar-refractivity contribution in [3.63, 3.8) is 0 Å². The minimum atomic E-state index is 0.0136. The SMILES string of the molecule is COCCCc1cc(Nc2cc(C)[nH]n2)nc(N2CCC[C@H]2c2cc(-c3ccccn3)no2)n1. The van der Waals surface area contributed by atoms with Crippen molar-refractivity contribution in [2.24, 2.45) is 0 Å². The van der Waals surface area contributed by atoms with Crippen LogP contribution in [-0.4, -0.2) is 50.6 Å². The van der Waals surface area contributed by atoms with Gasteiger partial charge in [0.2, 0.25) is 5.95 Å². The maximum Gasteiger partial charge on any atom is 0.228 e. The van der Waals surface area contributed by atoms with Crippen LogP contribution in [0.15, 0.2) is 47.1 Å². The van der Waals surface area contributed by atoms with E-state index in [0.717, 1.165) is 66.6 Å². The Kier molecular flexibility index (Phi) is 6.48. The average Bonchev–Trinajstić information content (AvgIpc) is 3.60. The normalized spacial score (nSPS) is 15.7. The lowest BCUT2D eigenvalue weighted by Crippen LogP contribution is -2.25. The van der Waals surface area contributed by atoms with Gasteiger partial charge in [-0.15, -0.1) is 0 Å². The Balaban J connectivity index is 1.43. The summed E-state index contributed by atoms with van der Waals surface area (Å²) in [6, 6.07) is 11.7. The molecular formula is C24H28N8O2. The van der Waals surface area contributed by atoms with Gasteiger partial charge in [-0.2, -0.15) is 10.1 Å². The van der Waals surface area contributed by atoms with E-state index in [9.17, 15) is 0 Å². The molecule has 1 aliphatic heterocycles. The Hall–Kier alpha value is -3.79. The third-order valence-electron chi connectivity index (χ3n) is 5.80. The van der Waals surface area contributed by atoms with E-state index in [1.165, 1.54) is 0 Å². The highest BCUT2D eigenvalue weighted by Crippen LogP contribution is 2.36. The van der Waals surface area contributed by atoms with Crippen LogP contribution < -0.4 is 10.2 Å². The Morgan fingerprint density at radius 1 is 1.18 bits per heavy atom. The fourth-order valence-electron chi connectivity index (χ4n) is 4.20. The van der Waals surface area contributed by atoms with Crippen LogP contribution in [0.2, 0.25) is 0 Å². The number of methoxy groups -OCH3 is 1. The summed E-state index contributed by atoms with van der Waals surface area (Å²) in [7, 11) is 1.71. The highest BCUT2D eigenvalue weighted by atomic mass is 16.5. The van der Waals surface area contributed by atoms with Gasteiger partial charge in [0.15, 0.2) is 11.6 Å². The fourth-order valence-corrected chi connectivity index (χ4v) is 4.20. The minimum absolute atomic E-state index is 0.0136. The smallest absolute Gasteiger partial charge is 0.228 e. The Morgan fingerprint density at radius 3 is 2.91 bits per heavy atom. The monoisotopic (exact) mass is 460 g/mol. The molecule has 2 N–H and O–H groups in total. The van der Waals surface area contributed by atoms with Crippen LogP contribution >= 0.6 is 0 Å². The van der Waals surface area contributed by atoms with Gasteiger partial charge in [-0.25, -0.2) is 4.98 Å². The maximum atomic E-state index is 5.76. The molecule has 0 bridgehead atoms. The Labute approximate surface area is 197 Å². The number of anilines is 3. The summed E-state index contributed by atoms with van der Waals surface area (Å²) in [5.74, 6) is 2.89. The zero-order valence-electron chi connectivity index (χ0n) is 19.4. The van der Waals surface area contributed by atoms with Crippen LogP contribution in [0.5, 0.6) is 0 Å². The van der Waals surface area contributed by atoms with Gasteiger partial charge in [0.1, 0.15) is 11.5 Å². The van der Waals surface area contributed by atoms with Gasteiger partial charge >= 0.3 is 0 Å². The van der Waals surface area contributed by atoms with Gasteiger partial charge in [-0.1, -0.05) is 11.2 Å². The first-order chi connectivity index (χ1) is 16.7. The lowest BCUT2D eigenvalue weighted by molar-refractivity contribution is 0.195. The molecule has 34 heavy (non-hydrogen) atoms. The zero-order chi connectivity index (χ0) is 23.3. The largest absolute Gasteiger partial charge is 0.385 e. The highest BCUT2D eigenvalue weighted by Gasteiger charge is 2.32. The molecule has 0 saturated carbocycles.